The van der Waals surface area contributed by atoms with E-state index >= 15 is 0 Å². The average molecular weight is 293 g/mol. The normalized spacial score (nSPS) is 28.5. The van der Waals surface area contributed by atoms with Gasteiger partial charge >= 0.3 is 5.82 Å². The molecule has 0 aliphatic carbocycles. The molecule has 114 valence electrons. The maximum atomic E-state index is 12.0. The van der Waals surface area contributed by atoms with Crippen LogP contribution in [0.2, 0.25) is 0 Å². The number of hydrogen-bond donors (Lipinski definition) is 1. The van der Waals surface area contributed by atoms with Crippen LogP contribution in [0.25, 0.3) is 0 Å². The minimum Gasteiger partial charge on any atom is -0.358 e. The third kappa shape index (κ3) is 2.90. The van der Waals surface area contributed by atoms with Gasteiger partial charge in [0.2, 0.25) is 5.91 Å². The van der Waals surface area contributed by atoms with E-state index in [9.17, 15) is 14.9 Å². The van der Waals surface area contributed by atoms with Crippen molar-refractivity contribution in [1.29, 1.82) is 0 Å². The molecule has 3 heterocycles. The molecule has 8 nitrogen and oxygen atoms in total. The summed E-state index contributed by atoms with van der Waals surface area (Å²) in [5.41, 5.74) is 0. The summed E-state index contributed by atoms with van der Waals surface area (Å²) in [6.07, 6.45) is 5.84. The van der Waals surface area contributed by atoms with Crippen LogP contribution in [0.1, 0.15) is 25.7 Å². The zero-order valence-electron chi connectivity index (χ0n) is 11.9. The minimum absolute atomic E-state index is 0.0233. The largest absolute Gasteiger partial charge is 0.389 e. The van der Waals surface area contributed by atoms with E-state index in [1.54, 1.807) is 0 Å². The van der Waals surface area contributed by atoms with Gasteiger partial charge in [-0.25, -0.2) is 0 Å². The first-order chi connectivity index (χ1) is 10.0. The van der Waals surface area contributed by atoms with Crippen molar-refractivity contribution in [3.8, 4) is 0 Å². The van der Waals surface area contributed by atoms with Crippen LogP contribution in [0.3, 0.4) is 0 Å². The van der Waals surface area contributed by atoms with Crippen molar-refractivity contribution in [2.75, 3.05) is 7.05 Å². The molecule has 1 N–H and O–H groups in total. The zero-order valence-corrected chi connectivity index (χ0v) is 11.9. The number of hydrogen-bond acceptors (Lipinski definition) is 5. The standard InChI is InChI=1S/C13H19N5O3/c1-16-10-2-3-11(16)7-9(6-10)14-13(19)8-17-5-4-12(15-17)18(20)21/h4-5,9-11H,2-3,6-8H2,1H3,(H,14,19). The molecule has 1 amide bonds. The summed E-state index contributed by atoms with van der Waals surface area (Å²) in [5, 5.41) is 17.3. The summed E-state index contributed by atoms with van der Waals surface area (Å²) in [4.78, 5) is 24.4. The van der Waals surface area contributed by atoms with Crippen molar-refractivity contribution < 1.29 is 9.72 Å². The summed E-state index contributed by atoms with van der Waals surface area (Å²) < 4.78 is 1.30. The maximum absolute atomic E-state index is 12.0. The van der Waals surface area contributed by atoms with E-state index in [2.05, 4.69) is 22.4 Å². The lowest BCUT2D eigenvalue weighted by Crippen LogP contribution is -2.49. The smallest absolute Gasteiger partial charge is 0.358 e. The molecule has 1 aromatic heterocycles. The second kappa shape index (κ2) is 5.44. The summed E-state index contributed by atoms with van der Waals surface area (Å²) in [6, 6.07) is 2.64. The number of carbonyl (C=O) groups is 1. The molecule has 8 heteroatoms. The van der Waals surface area contributed by atoms with Crippen molar-refractivity contribution in [3.63, 3.8) is 0 Å². The summed E-state index contributed by atoms with van der Waals surface area (Å²) in [7, 11) is 2.16. The predicted molar refractivity (Wildman–Crippen MR) is 74.6 cm³/mol. The Morgan fingerprint density at radius 1 is 1.48 bits per heavy atom. The van der Waals surface area contributed by atoms with Gasteiger partial charge in [-0.1, -0.05) is 0 Å². The molecule has 2 saturated heterocycles. The molecule has 21 heavy (non-hydrogen) atoms. The van der Waals surface area contributed by atoms with Gasteiger partial charge in [-0.15, -0.1) is 0 Å². The lowest BCUT2D eigenvalue weighted by Gasteiger charge is -2.36. The van der Waals surface area contributed by atoms with Crippen LogP contribution in [-0.2, 0) is 11.3 Å². The van der Waals surface area contributed by atoms with Crippen LogP contribution in [0.5, 0.6) is 0 Å². The number of aromatic nitrogens is 2. The number of piperidine rings is 1. The fraction of sp³-hybridized carbons (Fsp3) is 0.692. The Hall–Kier alpha value is -1.96. The van der Waals surface area contributed by atoms with Crippen molar-refractivity contribution in [2.45, 2.75) is 50.4 Å². The van der Waals surface area contributed by atoms with Crippen LogP contribution in [0.4, 0.5) is 5.82 Å². The zero-order chi connectivity index (χ0) is 15.0. The number of amides is 1. The predicted octanol–water partition coefficient (Wildman–Crippen LogP) is 0.533. The quantitative estimate of drug-likeness (QED) is 0.645. The van der Waals surface area contributed by atoms with Gasteiger partial charge in [-0.2, -0.15) is 4.68 Å². The Bertz CT molecular complexity index is 544. The maximum Gasteiger partial charge on any atom is 0.389 e. The van der Waals surface area contributed by atoms with E-state index in [0.29, 0.717) is 12.1 Å². The molecule has 2 unspecified atom stereocenters. The van der Waals surface area contributed by atoms with Crippen LogP contribution in [0, 0.1) is 10.1 Å². The second-order valence-electron chi connectivity index (χ2n) is 5.91. The van der Waals surface area contributed by atoms with Crippen molar-refractivity contribution in [1.82, 2.24) is 20.0 Å². The Labute approximate surface area is 122 Å². The molecule has 2 aliphatic heterocycles. The van der Waals surface area contributed by atoms with E-state index < -0.39 is 4.92 Å². The Morgan fingerprint density at radius 2 is 2.14 bits per heavy atom. The monoisotopic (exact) mass is 293 g/mol. The highest BCUT2D eigenvalue weighted by molar-refractivity contribution is 5.76. The SMILES string of the molecule is CN1C2CCC1CC(NC(=O)Cn1ccc([N+](=O)[O-])n1)C2. The molecular weight excluding hydrogens is 274 g/mol. The Balaban J connectivity index is 1.53. The first-order valence-electron chi connectivity index (χ1n) is 7.22. The third-order valence-corrected chi connectivity index (χ3v) is 4.58. The molecule has 2 fully saturated rings. The summed E-state index contributed by atoms with van der Waals surface area (Å²) >= 11 is 0. The number of rotatable bonds is 4. The Morgan fingerprint density at radius 3 is 2.71 bits per heavy atom. The lowest BCUT2D eigenvalue weighted by atomic mass is 9.98. The Kier molecular flexibility index (Phi) is 3.62. The lowest BCUT2D eigenvalue weighted by molar-refractivity contribution is -0.389. The fourth-order valence-corrected chi connectivity index (χ4v) is 3.49. The van der Waals surface area contributed by atoms with Gasteiger partial charge in [0.05, 0.1) is 17.4 Å². The van der Waals surface area contributed by atoms with Crippen LogP contribution in [0.15, 0.2) is 12.3 Å². The first kappa shape index (κ1) is 14.0. The summed E-state index contributed by atoms with van der Waals surface area (Å²) in [6.45, 7) is 0.0233. The van der Waals surface area contributed by atoms with Gasteiger partial charge in [0.15, 0.2) is 0 Å². The van der Waals surface area contributed by atoms with Gasteiger partial charge in [0, 0.05) is 18.1 Å². The molecule has 0 saturated carbocycles. The molecule has 0 radical (unpaired) electrons. The van der Waals surface area contributed by atoms with E-state index in [1.807, 2.05) is 0 Å². The van der Waals surface area contributed by atoms with Crippen molar-refractivity contribution in [3.05, 3.63) is 22.4 Å². The molecule has 2 atom stereocenters. The molecule has 1 aromatic rings. The minimum atomic E-state index is -0.566. The first-order valence-corrected chi connectivity index (χ1v) is 7.22. The highest BCUT2D eigenvalue weighted by Gasteiger charge is 2.38. The average Bonchev–Trinajstić information content (AvgIpc) is 2.93. The van der Waals surface area contributed by atoms with Crippen molar-refractivity contribution >= 4 is 11.7 Å². The van der Waals surface area contributed by atoms with Crippen LogP contribution >= 0.6 is 0 Å². The number of fused-ring (bicyclic) bond motifs is 2. The van der Waals surface area contributed by atoms with E-state index in [4.69, 9.17) is 0 Å². The van der Waals surface area contributed by atoms with Gasteiger partial charge < -0.3 is 20.3 Å². The molecule has 0 spiro atoms. The van der Waals surface area contributed by atoms with Gasteiger partial charge in [-0.05, 0) is 37.7 Å². The van der Waals surface area contributed by atoms with Crippen molar-refractivity contribution in [2.24, 2.45) is 0 Å². The topological polar surface area (TPSA) is 93.3 Å². The van der Waals surface area contributed by atoms with Gasteiger partial charge in [-0.3, -0.25) is 4.79 Å². The van der Waals surface area contributed by atoms with Crippen LogP contribution < -0.4 is 5.32 Å². The number of nitrogens with one attached hydrogen (secondary N) is 1. The molecule has 2 bridgehead atoms. The number of nitro groups is 1. The van der Waals surface area contributed by atoms with E-state index in [-0.39, 0.29) is 24.3 Å². The highest BCUT2D eigenvalue weighted by atomic mass is 16.6. The fourth-order valence-electron chi connectivity index (χ4n) is 3.49. The van der Waals surface area contributed by atoms with Gasteiger partial charge in [0.25, 0.3) is 0 Å². The van der Waals surface area contributed by atoms with E-state index in [0.717, 1.165) is 12.8 Å². The summed E-state index contributed by atoms with van der Waals surface area (Å²) in [5.74, 6) is -0.373. The highest BCUT2D eigenvalue weighted by Crippen LogP contribution is 2.34. The van der Waals surface area contributed by atoms with Crippen LogP contribution in [-0.4, -0.2) is 50.7 Å². The molecule has 3 rings (SSSR count). The van der Waals surface area contributed by atoms with E-state index in [1.165, 1.54) is 29.8 Å². The molecular formula is C13H19N5O3. The number of carbonyl (C=O) groups excluding carboxylic acids is 1. The second-order valence-corrected chi connectivity index (χ2v) is 5.91. The molecule has 0 aromatic carbocycles. The third-order valence-electron chi connectivity index (χ3n) is 4.58. The van der Waals surface area contributed by atoms with Gasteiger partial charge in [0.1, 0.15) is 6.54 Å². The molecule has 2 aliphatic rings. The number of nitrogens with zero attached hydrogens (tertiary/aromatic N) is 4.